The molecule has 1 fully saturated rings. The van der Waals surface area contributed by atoms with Gasteiger partial charge in [0.25, 0.3) is 0 Å². The van der Waals surface area contributed by atoms with Gasteiger partial charge in [0.2, 0.25) is 0 Å². The third-order valence-corrected chi connectivity index (χ3v) is 6.21. The molecule has 37 heavy (non-hydrogen) atoms. The van der Waals surface area contributed by atoms with Crippen LogP contribution in [0.15, 0.2) is 104 Å². The Morgan fingerprint density at radius 3 is 1.70 bits per heavy atom. The molecule has 196 valence electrons. The molecule has 0 bridgehead atoms. The predicted molar refractivity (Wildman–Crippen MR) is 142 cm³/mol. The summed E-state index contributed by atoms with van der Waals surface area (Å²) in [6, 6.07) is 30.1. The van der Waals surface area contributed by atoms with Crippen molar-refractivity contribution in [2.24, 2.45) is 0 Å². The highest BCUT2D eigenvalue weighted by atomic mass is 16.7. The first-order chi connectivity index (χ1) is 18.3. The lowest BCUT2D eigenvalue weighted by Gasteiger charge is -2.45. The fraction of sp³-hybridized carbons (Fsp3) is 0.355. The lowest BCUT2D eigenvalue weighted by Crippen LogP contribution is -2.61. The Kier molecular flexibility index (Phi) is 10.9. The highest BCUT2D eigenvalue weighted by Gasteiger charge is 2.48. The molecule has 1 heterocycles. The van der Waals surface area contributed by atoms with Gasteiger partial charge in [-0.2, -0.15) is 0 Å². The number of methoxy groups -OCH3 is 1. The zero-order valence-electron chi connectivity index (χ0n) is 21.3. The first-order valence-electron chi connectivity index (χ1n) is 12.6. The standard InChI is InChI=1S/C31H36O6/c1-3-19-34-31-30(36-22-26-17-11-6-12-18-26)29(35-21-25-15-9-5-10-16-25)28(32-2)27(37-31)23-33-20-24-13-7-4-8-14-24/h3-18,27-31H,1,19-23H2,2H3/t27-,28-,29+,30-,31?/m1/s1. The highest BCUT2D eigenvalue weighted by molar-refractivity contribution is 5.15. The largest absolute Gasteiger partial charge is 0.376 e. The van der Waals surface area contributed by atoms with Crippen LogP contribution in [0.25, 0.3) is 0 Å². The van der Waals surface area contributed by atoms with Crippen LogP contribution >= 0.6 is 0 Å². The van der Waals surface area contributed by atoms with Gasteiger partial charge in [-0.05, 0) is 16.7 Å². The van der Waals surface area contributed by atoms with Gasteiger partial charge in [0.1, 0.15) is 24.4 Å². The summed E-state index contributed by atoms with van der Waals surface area (Å²) in [5.41, 5.74) is 3.20. The molecule has 3 aromatic carbocycles. The van der Waals surface area contributed by atoms with E-state index in [0.29, 0.717) is 33.0 Å². The van der Waals surface area contributed by atoms with Gasteiger partial charge in [-0.1, -0.05) is 97.1 Å². The van der Waals surface area contributed by atoms with Crippen LogP contribution in [-0.4, -0.2) is 51.0 Å². The van der Waals surface area contributed by atoms with Gasteiger partial charge in [0.05, 0.1) is 33.0 Å². The summed E-state index contributed by atoms with van der Waals surface area (Å²) < 4.78 is 37.3. The number of hydrogen-bond acceptors (Lipinski definition) is 6. The van der Waals surface area contributed by atoms with Crippen LogP contribution in [0.5, 0.6) is 0 Å². The van der Waals surface area contributed by atoms with E-state index in [9.17, 15) is 0 Å². The molecule has 0 amide bonds. The van der Waals surface area contributed by atoms with E-state index in [-0.39, 0.29) is 0 Å². The summed E-state index contributed by atoms with van der Waals surface area (Å²) in [6.07, 6.45) is -0.813. The van der Waals surface area contributed by atoms with E-state index in [4.69, 9.17) is 28.4 Å². The van der Waals surface area contributed by atoms with Crippen molar-refractivity contribution in [1.82, 2.24) is 0 Å². The lowest BCUT2D eigenvalue weighted by molar-refractivity contribution is -0.322. The first-order valence-corrected chi connectivity index (χ1v) is 12.6. The van der Waals surface area contributed by atoms with E-state index in [1.165, 1.54) is 0 Å². The van der Waals surface area contributed by atoms with Crippen molar-refractivity contribution in [1.29, 1.82) is 0 Å². The molecule has 3 aromatic rings. The average Bonchev–Trinajstić information content (AvgIpc) is 2.95. The summed E-state index contributed by atoms with van der Waals surface area (Å²) in [4.78, 5) is 0. The maximum atomic E-state index is 6.49. The molecule has 0 spiro atoms. The molecule has 5 atom stereocenters. The van der Waals surface area contributed by atoms with Gasteiger partial charge in [-0.15, -0.1) is 6.58 Å². The monoisotopic (exact) mass is 504 g/mol. The van der Waals surface area contributed by atoms with Crippen molar-refractivity contribution < 1.29 is 28.4 Å². The Labute approximate surface area is 219 Å². The van der Waals surface area contributed by atoms with E-state index < -0.39 is 30.7 Å². The van der Waals surface area contributed by atoms with Gasteiger partial charge < -0.3 is 28.4 Å². The number of rotatable bonds is 14. The normalized spacial score (nSPS) is 23.5. The summed E-state index contributed by atoms with van der Waals surface area (Å²) in [5, 5.41) is 0. The van der Waals surface area contributed by atoms with Crippen molar-refractivity contribution in [3.63, 3.8) is 0 Å². The van der Waals surface area contributed by atoms with Gasteiger partial charge in [-0.3, -0.25) is 0 Å². The maximum absolute atomic E-state index is 6.49. The molecule has 0 saturated carbocycles. The first kappa shape index (κ1) is 27.2. The minimum Gasteiger partial charge on any atom is -0.376 e. The second-order valence-corrected chi connectivity index (χ2v) is 8.89. The Morgan fingerprint density at radius 1 is 0.676 bits per heavy atom. The molecule has 0 aromatic heterocycles. The van der Waals surface area contributed by atoms with Crippen LogP contribution in [0.1, 0.15) is 16.7 Å². The smallest absolute Gasteiger partial charge is 0.187 e. The summed E-state index contributed by atoms with van der Waals surface area (Å²) in [5.74, 6) is 0. The Morgan fingerprint density at radius 2 is 1.19 bits per heavy atom. The Hall–Kier alpha value is -2.84. The number of hydrogen-bond donors (Lipinski definition) is 0. The van der Waals surface area contributed by atoms with Crippen molar-refractivity contribution in [3.8, 4) is 0 Å². The van der Waals surface area contributed by atoms with Crippen LogP contribution in [0, 0.1) is 0 Å². The molecule has 0 radical (unpaired) electrons. The minimum absolute atomic E-state index is 0.316. The third kappa shape index (κ3) is 8.07. The van der Waals surface area contributed by atoms with Crippen LogP contribution in [-0.2, 0) is 48.2 Å². The second-order valence-electron chi connectivity index (χ2n) is 8.89. The molecule has 1 saturated heterocycles. The van der Waals surface area contributed by atoms with E-state index in [1.807, 2.05) is 91.0 Å². The summed E-state index contributed by atoms with van der Waals surface area (Å²) >= 11 is 0. The van der Waals surface area contributed by atoms with Gasteiger partial charge in [0, 0.05) is 7.11 Å². The molecule has 6 heteroatoms. The maximum Gasteiger partial charge on any atom is 0.187 e. The lowest BCUT2D eigenvalue weighted by atomic mass is 9.98. The van der Waals surface area contributed by atoms with E-state index in [1.54, 1.807) is 13.2 Å². The van der Waals surface area contributed by atoms with Crippen molar-refractivity contribution in [2.45, 2.75) is 50.5 Å². The molecular formula is C31H36O6. The zero-order chi connectivity index (χ0) is 25.7. The molecule has 4 rings (SSSR count). The topological polar surface area (TPSA) is 55.4 Å². The van der Waals surface area contributed by atoms with Crippen LogP contribution in [0.4, 0.5) is 0 Å². The van der Waals surface area contributed by atoms with E-state index >= 15 is 0 Å². The van der Waals surface area contributed by atoms with Gasteiger partial charge >= 0.3 is 0 Å². The molecule has 0 aliphatic carbocycles. The Bertz CT molecular complexity index is 1030. The van der Waals surface area contributed by atoms with Crippen molar-refractivity contribution >= 4 is 0 Å². The second kappa shape index (κ2) is 14.8. The number of ether oxygens (including phenoxy) is 6. The van der Waals surface area contributed by atoms with Crippen LogP contribution < -0.4 is 0 Å². The molecule has 6 nitrogen and oxygen atoms in total. The van der Waals surface area contributed by atoms with Crippen molar-refractivity contribution in [3.05, 3.63) is 120 Å². The molecule has 0 N–H and O–H groups in total. The van der Waals surface area contributed by atoms with Crippen LogP contribution in [0.2, 0.25) is 0 Å². The average molecular weight is 505 g/mol. The number of benzene rings is 3. The Balaban J connectivity index is 1.52. The molecule has 1 aliphatic heterocycles. The summed E-state index contributed by atoms with van der Waals surface area (Å²) in [6.45, 7) is 5.69. The highest BCUT2D eigenvalue weighted by Crippen LogP contribution is 2.30. The quantitative estimate of drug-likeness (QED) is 0.277. The van der Waals surface area contributed by atoms with Crippen molar-refractivity contribution in [2.75, 3.05) is 20.3 Å². The fourth-order valence-corrected chi connectivity index (χ4v) is 4.36. The van der Waals surface area contributed by atoms with Crippen LogP contribution in [0.3, 0.4) is 0 Å². The van der Waals surface area contributed by atoms with E-state index in [2.05, 4.69) is 6.58 Å². The molecule has 1 aliphatic rings. The van der Waals surface area contributed by atoms with E-state index in [0.717, 1.165) is 16.7 Å². The fourth-order valence-electron chi connectivity index (χ4n) is 4.36. The molecular weight excluding hydrogens is 468 g/mol. The predicted octanol–water partition coefficient (Wildman–Crippen LogP) is 5.32. The van der Waals surface area contributed by atoms with Gasteiger partial charge in [0.15, 0.2) is 6.29 Å². The molecule has 1 unspecified atom stereocenters. The SMILES string of the molecule is C=CCOC1O[C@H](COCc2ccccc2)[C@@H](OC)[C@H](OCc2ccccc2)[C@H]1OCc1ccccc1. The third-order valence-electron chi connectivity index (χ3n) is 6.21. The minimum atomic E-state index is -0.681. The van der Waals surface area contributed by atoms with Gasteiger partial charge in [-0.25, -0.2) is 0 Å². The summed E-state index contributed by atoms with van der Waals surface area (Å²) in [7, 11) is 1.66. The zero-order valence-corrected chi connectivity index (χ0v) is 21.3.